The predicted octanol–water partition coefficient (Wildman–Crippen LogP) is 1.70. The Labute approximate surface area is 98.5 Å². The molecule has 0 aromatic carbocycles. The number of alkyl carbamates (subject to hydrolysis) is 1. The molecule has 0 spiro atoms. The first kappa shape index (κ1) is 12.9. The molecule has 6 heteroatoms. The quantitative estimate of drug-likeness (QED) is 0.849. The summed E-state index contributed by atoms with van der Waals surface area (Å²) in [6, 6.07) is -0.456. The Bertz CT molecular complexity index is 332. The molecule has 0 saturated heterocycles. The lowest BCUT2D eigenvalue weighted by molar-refractivity contribution is 0.0483. The molecular weight excluding hydrogens is 228 g/mol. The molecule has 1 unspecified atom stereocenters. The van der Waals surface area contributed by atoms with Gasteiger partial charge in [-0.2, -0.15) is 0 Å². The zero-order chi connectivity index (χ0) is 12.2. The van der Waals surface area contributed by atoms with Crippen LogP contribution in [0.25, 0.3) is 0 Å². The van der Waals surface area contributed by atoms with Crippen LogP contribution in [0, 0.1) is 0 Å². The molecule has 0 aliphatic rings. The fourth-order valence-electron chi connectivity index (χ4n) is 1.05. The van der Waals surface area contributed by atoms with Gasteiger partial charge in [-0.1, -0.05) is 0 Å². The van der Waals surface area contributed by atoms with Crippen molar-refractivity contribution in [3.05, 3.63) is 16.6 Å². The first-order valence-electron chi connectivity index (χ1n) is 4.91. The van der Waals surface area contributed by atoms with Crippen LogP contribution < -0.4 is 5.32 Å². The molecule has 5 nitrogen and oxygen atoms in total. The molecular formula is C10H16N2O3S. The normalized spacial score (nSPS) is 13.2. The third kappa shape index (κ3) is 4.16. The highest BCUT2D eigenvalue weighted by molar-refractivity contribution is 7.09. The summed E-state index contributed by atoms with van der Waals surface area (Å²) in [5.74, 6) is 0. The van der Waals surface area contributed by atoms with Crippen LogP contribution in [0.4, 0.5) is 4.79 Å². The largest absolute Gasteiger partial charge is 0.444 e. The van der Waals surface area contributed by atoms with E-state index in [4.69, 9.17) is 9.84 Å². The van der Waals surface area contributed by atoms with E-state index in [0.717, 1.165) is 4.88 Å². The Balaban J connectivity index is 2.55. The monoisotopic (exact) mass is 244 g/mol. The van der Waals surface area contributed by atoms with Gasteiger partial charge in [-0.05, 0) is 20.8 Å². The van der Waals surface area contributed by atoms with Crippen LogP contribution in [0.3, 0.4) is 0 Å². The fourth-order valence-corrected chi connectivity index (χ4v) is 1.72. The molecule has 16 heavy (non-hydrogen) atoms. The van der Waals surface area contributed by atoms with Gasteiger partial charge in [-0.25, -0.2) is 4.79 Å². The zero-order valence-corrected chi connectivity index (χ0v) is 10.4. The van der Waals surface area contributed by atoms with Gasteiger partial charge in [-0.3, -0.25) is 4.98 Å². The van der Waals surface area contributed by atoms with Gasteiger partial charge < -0.3 is 15.2 Å². The van der Waals surface area contributed by atoms with E-state index >= 15 is 0 Å². The zero-order valence-electron chi connectivity index (χ0n) is 9.56. The number of ether oxygens (including phenoxy) is 1. The van der Waals surface area contributed by atoms with E-state index in [1.807, 2.05) is 0 Å². The number of hydrogen-bond donors (Lipinski definition) is 2. The molecule has 1 atom stereocenters. The van der Waals surface area contributed by atoms with Crippen LogP contribution in [0.1, 0.15) is 31.7 Å². The highest BCUT2D eigenvalue weighted by Crippen LogP contribution is 2.17. The standard InChI is InChI=1S/C10H16N2O3S/c1-10(2,3)15-9(14)12-7(5-13)8-4-11-6-16-8/h4,6-7,13H,5H2,1-3H3,(H,12,14). The number of nitrogens with one attached hydrogen (secondary N) is 1. The molecule has 0 fully saturated rings. The molecule has 1 aromatic heterocycles. The van der Waals surface area contributed by atoms with Crippen molar-refractivity contribution in [2.45, 2.75) is 32.4 Å². The minimum absolute atomic E-state index is 0.179. The summed E-state index contributed by atoms with van der Waals surface area (Å²) < 4.78 is 5.09. The molecule has 0 saturated carbocycles. The van der Waals surface area contributed by atoms with Gasteiger partial charge in [0.1, 0.15) is 5.60 Å². The van der Waals surface area contributed by atoms with Crippen molar-refractivity contribution < 1.29 is 14.6 Å². The fraction of sp³-hybridized carbons (Fsp3) is 0.600. The van der Waals surface area contributed by atoms with E-state index in [1.54, 1.807) is 32.5 Å². The van der Waals surface area contributed by atoms with Gasteiger partial charge in [0.15, 0.2) is 0 Å². The number of thiazole rings is 1. The third-order valence-corrected chi connectivity index (χ3v) is 2.56. The number of hydrogen-bond acceptors (Lipinski definition) is 5. The van der Waals surface area contributed by atoms with Crippen LogP contribution in [0.15, 0.2) is 11.7 Å². The number of amides is 1. The van der Waals surface area contributed by atoms with Gasteiger partial charge >= 0.3 is 6.09 Å². The number of aromatic nitrogens is 1. The lowest BCUT2D eigenvalue weighted by Crippen LogP contribution is -2.35. The molecule has 1 amide bonds. The average molecular weight is 244 g/mol. The highest BCUT2D eigenvalue weighted by atomic mass is 32.1. The highest BCUT2D eigenvalue weighted by Gasteiger charge is 2.20. The van der Waals surface area contributed by atoms with Crippen molar-refractivity contribution in [1.29, 1.82) is 0 Å². The first-order valence-corrected chi connectivity index (χ1v) is 5.79. The predicted molar refractivity (Wildman–Crippen MR) is 61.3 cm³/mol. The molecule has 0 bridgehead atoms. The molecule has 1 rings (SSSR count). The van der Waals surface area contributed by atoms with Gasteiger partial charge in [0, 0.05) is 11.1 Å². The molecule has 0 radical (unpaired) electrons. The summed E-state index contributed by atoms with van der Waals surface area (Å²) in [6.45, 7) is 5.18. The van der Waals surface area contributed by atoms with Crippen LogP contribution >= 0.6 is 11.3 Å². The summed E-state index contributed by atoms with van der Waals surface area (Å²) in [5.41, 5.74) is 1.10. The second-order valence-corrected chi connectivity index (χ2v) is 5.20. The Morgan fingerprint density at radius 2 is 2.38 bits per heavy atom. The molecule has 1 aromatic rings. The Hall–Kier alpha value is -1.14. The van der Waals surface area contributed by atoms with Crippen molar-refractivity contribution in [2.75, 3.05) is 6.61 Å². The number of nitrogens with zero attached hydrogens (tertiary/aromatic N) is 1. The maximum Gasteiger partial charge on any atom is 0.408 e. The smallest absolute Gasteiger partial charge is 0.408 e. The number of carbonyl (C=O) groups excluding carboxylic acids is 1. The third-order valence-electron chi connectivity index (χ3n) is 1.67. The molecule has 2 N–H and O–H groups in total. The summed E-state index contributed by atoms with van der Waals surface area (Å²) in [6.07, 6.45) is 1.07. The number of aliphatic hydroxyl groups excluding tert-OH is 1. The SMILES string of the molecule is CC(C)(C)OC(=O)NC(CO)c1cncs1. The number of aliphatic hydroxyl groups is 1. The average Bonchev–Trinajstić information content (AvgIpc) is 2.63. The lowest BCUT2D eigenvalue weighted by Gasteiger charge is -2.22. The van der Waals surface area contributed by atoms with Crippen molar-refractivity contribution in [3.63, 3.8) is 0 Å². The van der Waals surface area contributed by atoms with E-state index in [2.05, 4.69) is 10.3 Å². The molecule has 0 aliphatic heterocycles. The number of carbonyl (C=O) groups is 1. The summed E-state index contributed by atoms with van der Waals surface area (Å²) in [4.78, 5) is 16.2. The van der Waals surface area contributed by atoms with Crippen molar-refractivity contribution in [3.8, 4) is 0 Å². The lowest BCUT2D eigenvalue weighted by atomic mass is 10.2. The number of rotatable bonds is 3. The first-order chi connectivity index (χ1) is 7.42. The molecule has 90 valence electrons. The minimum atomic E-state index is -0.544. The van der Waals surface area contributed by atoms with Crippen LogP contribution in [0.5, 0.6) is 0 Å². The topological polar surface area (TPSA) is 71.5 Å². The maximum absolute atomic E-state index is 11.5. The van der Waals surface area contributed by atoms with Gasteiger partial charge in [0.05, 0.1) is 18.2 Å². The Kier molecular flexibility index (Phi) is 4.26. The van der Waals surface area contributed by atoms with E-state index in [9.17, 15) is 4.79 Å². The minimum Gasteiger partial charge on any atom is -0.444 e. The Morgan fingerprint density at radius 1 is 1.69 bits per heavy atom. The molecule has 0 aliphatic carbocycles. The van der Waals surface area contributed by atoms with E-state index in [0.29, 0.717) is 0 Å². The maximum atomic E-state index is 11.5. The van der Waals surface area contributed by atoms with E-state index in [1.165, 1.54) is 11.3 Å². The van der Waals surface area contributed by atoms with Gasteiger partial charge in [0.2, 0.25) is 0 Å². The Morgan fingerprint density at radius 3 is 2.81 bits per heavy atom. The van der Waals surface area contributed by atoms with Crippen molar-refractivity contribution in [1.82, 2.24) is 10.3 Å². The summed E-state index contributed by atoms with van der Waals surface area (Å²) in [5, 5.41) is 11.7. The summed E-state index contributed by atoms with van der Waals surface area (Å²) >= 11 is 1.37. The van der Waals surface area contributed by atoms with Crippen LogP contribution in [0.2, 0.25) is 0 Å². The second kappa shape index (κ2) is 5.27. The van der Waals surface area contributed by atoms with E-state index < -0.39 is 17.7 Å². The van der Waals surface area contributed by atoms with Gasteiger partial charge in [-0.15, -0.1) is 11.3 Å². The summed E-state index contributed by atoms with van der Waals surface area (Å²) in [7, 11) is 0. The molecule has 1 heterocycles. The van der Waals surface area contributed by atoms with Crippen LogP contribution in [-0.4, -0.2) is 28.4 Å². The van der Waals surface area contributed by atoms with E-state index in [-0.39, 0.29) is 6.61 Å². The van der Waals surface area contributed by atoms with Crippen molar-refractivity contribution >= 4 is 17.4 Å². The van der Waals surface area contributed by atoms with Gasteiger partial charge in [0.25, 0.3) is 0 Å². The second-order valence-electron chi connectivity index (χ2n) is 4.29. The van der Waals surface area contributed by atoms with Crippen molar-refractivity contribution in [2.24, 2.45) is 0 Å². The van der Waals surface area contributed by atoms with Crippen LogP contribution in [-0.2, 0) is 4.74 Å².